The third-order valence-corrected chi connectivity index (χ3v) is 3.19. The molecule has 2 aromatic rings. The average molecular weight is 352 g/mol. The maximum atomic E-state index is 12.1. The van der Waals surface area contributed by atoms with Crippen molar-refractivity contribution in [2.24, 2.45) is 0 Å². The number of benzene rings is 2. The van der Waals surface area contributed by atoms with Crippen LogP contribution in [0.5, 0.6) is 0 Å². The number of nitrogens with one attached hydrogen (secondary N) is 2. The van der Waals surface area contributed by atoms with E-state index in [1.165, 1.54) is 42.5 Å². The highest BCUT2D eigenvalue weighted by molar-refractivity contribution is 6.06. The fraction of sp³-hybridized carbons (Fsp3) is 0. The highest BCUT2D eigenvalue weighted by atomic mass is 16.6. The molecule has 0 saturated carbocycles. The van der Waals surface area contributed by atoms with E-state index in [1.54, 1.807) is 12.1 Å². The Bertz CT molecular complexity index is 929. The molecule has 1 amide bonds. The van der Waals surface area contributed by atoms with Gasteiger partial charge in [-0.15, -0.1) is 0 Å². The first-order valence-electron chi connectivity index (χ1n) is 7.16. The second kappa shape index (κ2) is 8.07. The average Bonchev–Trinajstić information content (AvgIpc) is 2.63. The molecule has 2 aromatic carbocycles. The Balaban J connectivity index is 2.09. The Kier molecular flexibility index (Phi) is 5.63. The fourth-order valence-electron chi connectivity index (χ4n) is 1.91. The van der Waals surface area contributed by atoms with Crippen LogP contribution in [0.4, 0.5) is 17.1 Å². The number of non-ortho nitro benzene ring substituents is 1. The molecular formula is C17H12N4O5. The van der Waals surface area contributed by atoms with Crippen LogP contribution in [0.25, 0.3) is 0 Å². The van der Waals surface area contributed by atoms with Gasteiger partial charge in [-0.05, 0) is 30.3 Å². The molecule has 9 heteroatoms. The number of aromatic carboxylic acids is 1. The van der Waals surface area contributed by atoms with Crippen molar-refractivity contribution in [3.8, 4) is 6.07 Å². The van der Waals surface area contributed by atoms with Gasteiger partial charge in [0.2, 0.25) is 0 Å². The highest BCUT2D eigenvalue weighted by Crippen LogP contribution is 2.17. The molecule has 0 bridgehead atoms. The molecule has 0 aliphatic rings. The summed E-state index contributed by atoms with van der Waals surface area (Å²) in [5.74, 6) is -1.81. The quantitative estimate of drug-likeness (QED) is 0.313. The molecule has 0 saturated heterocycles. The largest absolute Gasteiger partial charge is 0.478 e. The number of carboxylic acids is 1. The molecule has 0 unspecified atom stereocenters. The van der Waals surface area contributed by atoms with Crippen molar-refractivity contribution < 1.29 is 19.6 Å². The number of rotatable bonds is 6. The van der Waals surface area contributed by atoms with E-state index in [1.807, 2.05) is 0 Å². The fourth-order valence-corrected chi connectivity index (χ4v) is 1.91. The van der Waals surface area contributed by atoms with Gasteiger partial charge in [0.1, 0.15) is 11.6 Å². The van der Waals surface area contributed by atoms with Crippen LogP contribution in [-0.4, -0.2) is 21.9 Å². The van der Waals surface area contributed by atoms with Crippen molar-refractivity contribution in [1.82, 2.24) is 0 Å². The van der Waals surface area contributed by atoms with Gasteiger partial charge in [-0.25, -0.2) is 4.79 Å². The molecule has 9 nitrogen and oxygen atoms in total. The number of nitrogens with zero attached hydrogens (tertiary/aromatic N) is 2. The van der Waals surface area contributed by atoms with Gasteiger partial charge in [0, 0.05) is 29.7 Å². The van der Waals surface area contributed by atoms with E-state index in [4.69, 9.17) is 10.4 Å². The van der Waals surface area contributed by atoms with Gasteiger partial charge in [0.05, 0.1) is 10.5 Å². The van der Waals surface area contributed by atoms with E-state index >= 15 is 0 Å². The molecule has 130 valence electrons. The summed E-state index contributed by atoms with van der Waals surface area (Å²) in [6.07, 6.45) is 1.13. The van der Waals surface area contributed by atoms with Gasteiger partial charge in [-0.3, -0.25) is 14.9 Å². The van der Waals surface area contributed by atoms with E-state index in [9.17, 15) is 19.7 Å². The number of nitro benzene ring substituents is 1. The van der Waals surface area contributed by atoms with E-state index in [0.717, 1.165) is 6.20 Å². The molecule has 0 radical (unpaired) electrons. The number of nitriles is 1. The standard InChI is InChI=1S/C17H12N4O5/c18-9-12(10-19-14-2-1-3-15(8-14)21(25)26)16(22)20-13-6-4-11(5-7-13)17(23)24/h1-8,10,19H,(H,20,22)(H,23,24)/b12-10-. The Labute approximate surface area is 147 Å². The van der Waals surface area contributed by atoms with Crippen molar-refractivity contribution in [3.05, 3.63) is 76.0 Å². The molecule has 26 heavy (non-hydrogen) atoms. The Hall–Kier alpha value is -4.19. The summed E-state index contributed by atoms with van der Waals surface area (Å²) < 4.78 is 0. The number of carbonyl (C=O) groups is 2. The second-order valence-corrected chi connectivity index (χ2v) is 4.96. The molecule has 0 spiro atoms. The number of carbonyl (C=O) groups excluding carboxylic acids is 1. The zero-order valence-corrected chi connectivity index (χ0v) is 13.2. The molecular weight excluding hydrogens is 340 g/mol. The highest BCUT2D eigenvalue weighted by Gasteiger charge is 2.11. The molecule has 0 aliphatic heterocycles. The van der Waals surface area contributed by atoms with Crippen molar-refractivity contribution in [1.29, 1.82) is 5.26 Å². The number of nitro groups is 1. The van der Waals surface area contributed by atoms with Crippen LogP contribution >= 0.6 is 0 Å². The minimum Gasteiger partial charge on any atom is -0.478 e. The number of amides is 1. The van der Waals surface area contributed by atoms with Gasteiger partial charge in [-0.2, -0.15) is 5.26 Å². The third kappa shape index (κ3) is 4.65. The van der Waals surface area contributed by atoms with Gasteiger partial charge in [0.25, 0.3) is 11.6 Å². The van der Waals surface area contributed by atoms with Gasteiger partial charge in [-0.1, -0.05) is 6.07 Å². The lowest BCUT2D eigenvalue weighted by Crippen LogP contribution is -2.14. The van der Waals surface area contributed by atoms with Crippen molar-refractivity contribution >= 4 is 28.9 Å². The van der Waals surface area contributed by atoms with Gasteiger partial charge < -0.3 is 15.7 Å². The summed E-state index contributed by atoms with van der Waals surface area (Å²) in [5.41, 5.74) is 0.317. The maximum Gasteiger partial charge on any atom is 0.335 e. The number of hydrogen-bond donors (Lipinski definition) is 3. The molecule has 0 aliphatic carbocycles. The van der Waals surface area contributed by atoms with Crippen molar-refractivity contribution in [2.45, 2.75) is 0 Å². The monoisotopic (exact) mass is 352 g/mol. The van der Waals surface area contributed by atoms with Gasteiger partial charge >= 0.3 is 5.97 Å². The zero-order valence-electron chi connectivity index (χ0n) is 13.2. The lowest BCUT2D eigenvalue weighted by atomic mass is 10.2. The summed E-state index contributed by atoms with van der Waals surface area (Å²) in [4.78, 5) is 33.0. The van der Waals surface area contributed by atoms with Crippen molar-refractivity contribution in [3.63, 3.8) is 0 Å². The minimum atomic E-state index is -1.10. The predicted octanol–water partition coefficient (Wildman–Crippen LogP) is 2.75. The number of carboxylic acid groups (broad SMARTS) is 1. The smallest absolute Gasteiger partial charge is 0.335 e. The van der Waals surface area contributed by atoms with E-state index in [-0.39, 0.29) is 16.8 Å². The van der Waals surface area contributed by atoms with E-state index in [2.05, 4.69) is 10.6 Å². The van der Waals surface area contributed by atoms with E-state index < -0.39 is 16.8 Å². The predicted molar refractivity (Wildman–Crippen MR) is 92.4 cm³/mol. The van der Waals surface area contributed by atoms with Crippen LogP contribution < -0.4 is 10.6 Å². The first-order chi connectivity index (χ1) is 12.4. The van der Waals surface area contributed by atoms with Crippen LogP contribution in [0, 0.1) is 21.4 Å². The molecule has 0 heterocycles. The molecule has 2 rings (SSSR count). The molecule has 0 atom stereocenters. The minimum absolute atomic E-state index is 0.0615. The lowest BCUT2D eigenvalue weighted by Gasteiger charge is -2.05. The molecule has 0 aromatic heterocycles. The van der Waals surface area contributed by atoms with Gasteiger partial charge in [0.15, 0.2) is 0 Å². The van der Waals surface area contributed by atoms with Crippen molar-refractivity contribution in [2.75, 3.05) is 10.6 Å². The van der Waals surface area contributed by atoms with E-state index in [0.29, 0.717) is 11.4 Å². The molecule has 0 fully saturated rings. The zero-order chi connectivity index (χ0) is 19.1. The maximum absolute atomic E-state index is 12.1. The second-order valence-electron chi connectivity index (χ2n) is 4.96. The Morgan fingerprint density at radius 2 is 1.85 bits per heavy atom. The summed E-state index contributed by atoms with van der Waals surface area (Å²) in [6.45, 7) is 0. The first kappa shape index (κ1) is 18.2. The summed E-state index contributed by atoms with van der Waals surface area (Å²) in [7, 11) is 0. The summed E-state index contributed by atoms with van der Waals surface area (Å²) >= 11 is 0. The Morgan fingerprint density at radius 1 is 1.15 bits per heavy atom. The topological polar surface area (TPSA) is 145 Å². The summed E-state index contributed by atoms with van der Waals surface area (Å²) in [6, 6.07) is 12.7. The first-order valence-corrected chi connectivity index (χ1v) is 7.16. The molecule has 3 N–H and O–H groups in total. The number of hydrogen-bond acceptors (Lipinski definition) is 6. The third-order valence-electron chi connectivity index (χ3n) is 3.19. The van der Waals surface area contributed by atoms with Crippen LogP contribution in [-0.2, 0) is 4.79 Å². The van der Waals surface area contributed by atoms with Crippen LogP contribution in [0.1, 0.15) is 10.4 Å². The van der Waals surface area contributed by atoms with Crippen LogP contribution in [0.3, 0.4) is 0 Å². The van der Waals surface area contributed by atoms with Crippen LogP contribution in [0.15, 0.2) is 60.3 Å². The number of anilines is 2. The SMILES string of the molecule is N#C/C(=C/Nc1cccc([N+](=O)[O-])c1)C(=O)Nc1ccc(C(=O)O)cc1. The van der Waals surface area contributed by atoms with Crippen LogP contribution in [0.2, 0.25) is 0 Å². The Morgan fingerprint density at radius 3 is 2.42 bits per heavy atom. The normalized spacial score (nSPS) is 10.5. The lowest BCUT2D eigenvalue weighted by molar-refractivity contribution is -0.384. The summed E-state index contributed by atoms with van der Waals surface area (Å²) in [5, 5.41) is 33.8.